The second kappa shape index (κ2) is 5.48. The zero-order chi connectivity index (χ0) is 13.8. The molecular weight excluding hydrogens is 240 g/mol. The summed E-state index contributed by atoms with van der Waals surface area (Å²) in [5.74, 6) is -0.110. The zero-order valence-corrected chi connectivity index (χ0v) is 10.5. The molecule has 8 nitrogen and oxygen atoms in total. The lowest BCUT2D eigenvalue weighted by atomic mass is 10.2. The number of alkyl carbamates (subject to hydrolysis) is 1. The SMILES string of the molecule is CC(C)(C)OC(=O)NCCn1cncc1[N+](=O)[O-]. The number of aromatic nitrogens is 2. The first kappa shape index (κ1) is 13.9. The van der Waals surface area contributed by atoms with Gasteiger partial charge in [0.1, 0.15) is 18.3 Å². The van der Waals surface area contributed by atoms with Crippen LogP contribution in [0, 0.1) is 10.1 Å². The Labute approximate surface area is 104 Å². The predicted octanol–water partition coefficient (Wildman–Crippen LogP) is 1.32. The first-order valence-corrected chi connectivity index (χ1v) is 5.41. The van der Waals surface area contributed by atoms with E-state index < -0.39 is 16.6 Å². The molecule has 0 saturated carbocycles. The van der Waals surface area contributed by atoms with Crippen molar-refractivity contribution in [1.82, 2.24) is 14.9 Å². The third kappa shape index (κ3) is 4.40. The fraction of sp³-hybridized carbons (Fsp3) is 0.600. The minimum atomic E-state index is -0.564. The van der Waals surface area contributed by atoms with Crippen molar-refractivity contribution in [2.45, 2.75) is 32.9 Å². The molecule has 0 bridgehead atoms. The highest BCUT2D eigenvalue weighted by Gasteiger charge is 2.17. The van der Waals surface area contributed by atoms with E-state index in [1.165, 1.54) is 10.9 Å². The van der Waals surface area contributed by atoms with E-state index in [2.05, 4.69) is 10.3 Å². The molecule has 0 spiro atoms. The van der Waals surface area contributed by atoms with Crippen molar-refractivity contribution in [3.8, 4) is 0 Å². The highest BCUT2D eigenvalue weighted by atomic mass is 16.6. The molecule has 8 heteroatoms. The average Bonchev–Trinajstić information content (AvgIpc) is 2.62. The normalized spacial score (nSPS) is 11.1. The second-order valence-electron chi connectivity index (χ2n) is 4.63. The van der Waals surface area contributed by atoms with Crippen molar-refractivity contribution in [3.05, 3.63) is 22.6 Å². The van der Waals surface area contributed by atoms with E-state index >= 15 is 0 Å². The van der Waals surface area contributed by atoms with Gasteiger partial charge in [0.05, 0.1) is 6.54 Å². The van der Waals surface area contributed by atoms with Crippen LogP contribution in [-0.2, 0) is 11.3 Å². The van der Waals surface area contributed by atoms with Gasteiger partial charge in [-0.3, -0.25) is 0 Å². The average molecular weight is 256 g/mol. The van der Waals surface area contributed by atoms with E-state index in [1.807, 2.05) is 0 Å². The third-order valence-electron chi connectivity index (χ3n) is 1.90. The van der Waals surface area contributed by atoms with Gasteiger partial charge < -0.3 is 20.2 Å². The third-order valence-corrected chi connectivity index (χ3v) is 1.90. The molecule has 0 aliphatic heterocycles. The Hall–Kier alpha value is -2.12. The summed E-state index contributed by atoms with van der Waals surface area (Å²) in [6, 6.07) is 0. The minimum Gasteiger partial charge on any atom is -0.444 e. The molecule has 0 radical (unpaired) electrons. The van der Waals surface area contributed by atoms with Crippen LogP contribution in [0.4, 0.5) is 10.6 Å². The fourth-order valence-corrected chi connectivity index (χ4v) is 1.23. The Morgan fingerprint density at radius 3 is 2.83 bits per heavy atom. The maximum Gasteiger partial charge on any atom is 0.407 e. The van der Waals surface area contributed by atoms with Crippen LogP contribution >= 0.6 is 0 Å². The van der Waals surface area contributed by atoms with Gasteiger partial charge >= 0.3 is 11.9 Å². The Kier molecular flexibility index (Phi) is 4.24. The number of nitrogens with zero attached hydrogens (tertiary/aromatic N) is 3. The summed E-state index contributed by atoms with van der Waals surface area (Å²) in [7, 11) is 0. The standard InChI is InChI=1S/C10H16N4O4/c1-10(2,3)18-9(15)12-4-5-13-7-11-6-8(13)14(16)17/h6-7H,4-5H2,1-3H3,(H,12,15). The number of hydrogen-bond donors (Lipinski definition) is 1. The topological polar surface area (TPSA) is 99.3 Å². The maximum atomic E-state index is 11.3. The summed E-state index contributed by atoms with van der Waals surface area (Å²) in [6.45, 7) is 5.76. The molecule has 0 atom stereocenters. The summed E-state index contributed by atoms with van der Waals surface area (Å²) in [5, 5.41) is 13.1. The Morgan fingerprint density at radius 2 is 2.28 bits per heavy atom. The number of nitrogens with one attached hydrogen (secondary N) is 1. The molecular formula is C10H16N4O4. The number of imidazole rings is 1. The van der Waals surface area contributed by atoms with Crippen molar-refractivity contribution in [2.24, 2.45) is 0 Å². The van der Waals surface area contributed by atoms with Crippen molar-refractivity contribution < 1.29 is 14.5 Å². The summed E-state index contributed by atoms with van der Waals surface area (Å²) in [4.78, 5) is 25.1. The van der Waals surface area contributed by atoms with Crippen LogP contribution < -0.4 is 5.32 Å². The van der Waals surface area contributed by atoms with E-state index in [1.54, 1.807) is 20.8 Å². The van der Waals surface area contributed by atoms with Gasteiger partial charge in [0, 0.05) is 0 Å². The molecule has 0 aliphatic carbocycles. The van der Waals surface area contributed by atoms with Gasteiger partial charge in [-0.15, -0.1) is 0 Å². The highest BCUT2D eigenvalue weighted by Crippen LogP contribution is 2.09. The van der Waals surface area contributed by atoms with Crippen LogP contribution in [0.1, 0.15) is 20.8 Å². The number of carbonyl (C=O) groups excluding carboxylic acids is 1. The number of carbonyl (C=O) groups is 1. The predicted molar refractivity (Wildman–Crippen MR) is 63.1 cm³/mol. The zero-order valence-electron chi connectivity index (χ0n) is 10.5. The molecule has 0 unspecified atom stereocenters. The quantitative estimate of drug-likeness (QED) is 0.646. The molecule has 1 rings (SSSR count). The lowest BCUT2D eigenvalue weighted by Crippen LogP contribution is -2.34. The van der Waals surface area contributed by atoms with Crippen molar-refractivity contribution in [3.63, 3.8) is 0 Å². The van der Waals surface area contributed by atoms with Gasteiger partial charge in [0.25, 0.3) is 0 Å². The molecule has 1 heterocycles. The van der Waals surface area contributed by atoms with Gasteiger partial charge in [-0.1, -0.05) is 0 Å². The first-order chi connectivity index (χ1) is 8.29. The largest absolute Gasteiger partial charge is 0.444 e. The lowest BCUT2D eigenvalue weighted by molar-refractivity contribution is -0.392. The van der Waals surface area contributed by atoms with Crippen LogP contribution in [0.5, 0.6) is 0 Å². The Balaban J connectivity index is 2.40. The van der Waals surface area contributed by atoms with Gasteiger partial charge in [0.15, 0.2) is 6.33 Å². The van der Waals surface area contributed by atoms with Crippen molar-refractivity contribution in [1.29, 1.82) is 0 Å². The molecule has 0 aromatic carbocycles. The highest BCUT2D eigenvalue weighted by molar-refractivity contribution is 5.67. The molecule has 18 heavy (non-hydrogen) atoms. The van der Waals surface area contributed by atoms with E-state index in [0.717, 1.165) is 6.20 Å². The number of rotatable bonds is 4. The van der Waals surface area contributed by atoms with Crippen LogP contribution in [0.3, 0.4) is 0 Å². The van der Waals surface area contributed by atoms with Gasteiger partial charge in [-0.2, -0.15) is 0 Å². The van der Waals surface area contributed by atoms with Gasteiger partial charge in [-0.05, 0) is 25.7 Å². The molecule has 100 valence electrons. The van der Waals surface area contributed by atoms with Crippen LogP contribution in [0.15, 0.2) is 12.5 Å². The smallest absolute Gasteiger partial charge is 0.407 e. The van der Waals surface area contributed by atoms with Gasteiger partial charge in [0.2, 0.25) is 0 Å². The van der Waals surface area contributed by atoms with Crippen LogP contribution in [-0.4, -0.2) is 32.7 Å². The number of hydrogen-bond acceptors (Lipinski definition) is 5. The van der Waals surface area contributed by atoms with E-state index in [4.69, 9.17) is 4.74 Å². The fourth-order valence-electron chi connectivity index (χ4n) is 1.23. The van der Waals surface area contributed by atoms with E-state index in [-0.39, 0.29) is 18.9 Å². The summed E-state index contributed by atoms with van der Waals surface area (Å²) < 4.78 is 6.37. The molecule has 1 N–H and O–H groups in total. The molecule has 0 aliphatic rings. The molecule has 0 fully saturated rings. The second-order valence-corrected chi connectivity index (χ2v) is 4.63. The number of nitro groups is 1. The van der Waals surface area contributed by atoms with Crippen molar-refractivity contribution >= 4 is 11.9 Å². The van der Waals surface area contributed by atoms with E-state index in [9.17, 15) is 14.9 Å². The minimum absolute atomic E-state index is 0.110. The van der Waals surface area contributed by atoms with Crippen LogP contribution in [0.25, 0.3) is 0 Å². The van der Waals surface area contributed by atoms with Crippen molar-refractivity contribution in [2.75, 3.05) is 6.54 Å². The summed E-state index contributed by atoms with van der Waals surface area (Å²) in [5.41, 5.74) is -0.564. The number of ether oxygens (including phenoxy) is 1. The molecule has 1 aromatic heterocycles. The van der Waals surface area contributed by atoms with Crippen LogP contribution in [0.2, 0.25) is 0 Å². The van der Waals surface area contributed by atoms with Gasteiger partial charge in [-0.25, -0.2) is 14.3 Å². The maximum absolute atomic E-state index is 11.3. The molecule has 0 saturated heterocycles. The Bertz CT molecular complexity index is 435. The monoisotopic (exact) mass is 256 g/mol. The first-order valence-electron chi connectivity index (χ1n) is 5.41. The molecule has 1 aromatic rings. The number of amides is 1. The summed E-state index contributed by atoms with van der Waals surface area (Å²) in [6.07, 6.45) is 1.95. The lowest BCUT2D eigenvalue weighted by Gasteiger charge is -2.19. The summed E-state index contributed by atoms with van der Waals surface area (Å²) >= 11 is 0. The molecule has 1 amide bonds. The van der Waals surface area contributed by atoms with E-state index in [0.29, 0.717) is 0 Å². The Morgan fingerprint density at radius 1 is 1.61 bits per heavy atom.